The Balaban J connectivity index is 1.43. The van der Waals surface area contributed by atoms with Gasteiger partial charge in [-0.15, -0.1) is 0 Å². The van der Waals surface area contributed by atoms with E-state index in [4.69, 9.17) is 11.6 Å². The summed E-state index contributed by atoms with van der Waals surface area (Å²) in [5.74, 6) is -0.380. The van der Waals surface area contributed by atoms with Gasteiger partial charge in [-0.25, -0.2) is 4.39 Å². The highest BCUT2D eigenvalue weighted by molar-refractivity contribution is 9.10. The maximum absolute atomic E-state index is 13.0. The van der Waals surface area contributed by atoms with E-state index in [1.165, 1.54) is 12.1 Å². The SMILES string of the molecule is O=C(NCCN1CCN(c2ccc(F)cc2)CC1)c1cc(Br)ccc1Cl. The summed E-state index contributed by atoms with van der Waals surface area (Å²) in [6.45, 7) is 4.94. The third-order valence-corrected chi connectivity index (χ3v) is 5.27. The van der Waals surface area contributed by atoms with Crippen LogP contribution in [-0.2, 0) is 0 Å². The Morgan fingerprint density at radius 1 is 1.12 bits per heavy atom. The molecule has 0 saturated carbocycles. The molecule has 0 bridgehead atoms. The van der Waals surface area contributed by atoms with Crippen LogP contribution in [0.2, 0.25) is 5.02 Å². The smallest absolute Gasteiger partial charge is 0.252 e. The molecule has 0 aliphatic carbocycles. The number of amides is 1. The number of piperazine rings is 1. The van der Waals surface area contributed by atoms with E-state index in [9.17, 15) is 9.18 Å². The van der Waals surface area contributed by atoms with Crippen molar-refractivity contribution < 1.29 is 9.18 Å². The predicted molar refractivity (Wildman–Crippen MR) is 107 cm³/mol. The van der Waals surface area contributed by atoms with Crippen molar-refractivity contribution in [2.45, 2.75) is 0 Å². The molecule has 26 heavy (non-hydrogen) atoms. The molecule has 4 nitrogen and oxygen atoms in total. The molecule has 1 aliphatic rings. The largest absolute Gasteiger partial charge is 0.369 e. The van der Waals surface area contributed by atoms with Crippen LogP contribution in [0.15, 0.2) is 46.9 Å². The minimum absolute atomic E-state index is 0.166. The van der Waals surface area contributed by atoms with E-state index >= 15 is 0 Å². The molecule has 1 N–H and O–H groups in total. The molecule has 0 aromatic heterocycles. The second-order valence-corrected chi connectivity index (χ2v) is 7.51. The first-order valence-electron chi connectivity index (χ1n) is 8.49. The average Bonchev–Trinajstić information content (AvgIpc) is 2.65. The van der Waals surface area contributed by atoms with E-state index in [1.54, 1.807) is 18.2 Å². The standard InChI is InChI=1S/C19H20BrClFN3O/c20-14-1-6-18(21)17(13-14)19(26)23-7-8-24-9-11-25(12-10-24)16-4-2-15(22)3-5-16/h1-6,13H,7-12H2,(H,23,26). The lowest BCUT2D eigenvalue weighted by Gasteiger charge is -2.36. The number of anilines is 1. The van der Waals surface area contributed by atoms with E-state index < -0.39 is 0 Å². The van der Waals surface area contributed by atoms with Gasteiger partial charge in [0, 0.05) is 49.4 Å². The van der Waals surface area contributed by atoms with E-state index in [-0.39, 0.29) is 11.7 Å². The van der Waals surface area contributed by atoms with Crippen LogP contribution in [0.5, 0.6) is 0 Å². The molecule has 1 amide bonds. The quantitative estimate of drug-likeness (QED) is 0.768. The van der Waals surface area contributed by atoms with Crippen molar-refractivity contribution in [3.8, 4) is 0 Å². The molecule has 2 aromatic carbocycles. The fourth-order valence-electron chi connectivity index (χ4n) is 2.98. The van der Waals surface area contributed by atoms with Gasteiger partial charge in [-0.1, -0.05) is 27.5 Å². The van der Waals surface area contributed by atoms with Crippen LogP contribution in [0.4, 0.5) is 10.1 Å². The van der Waals surface area contributed by atoms with Gasteiger partial charge in [0.2, 0.25) is 0 Å². The van der Waals surface area contributed by atoms with Crippen LogP contribution in [0, 0.1) is 5.82 Å². The Kier molecular flexibility index (Phi) is 6.51. The van der Waals surface area contributed by atoms with Crippen molar-refractivity contribution in [3.63, 3.8) is 0 Å². The molecule has 1 heterocycles. The number of rotatable bonds is 5. The van der Waals surface area contributed by atoms with Gasteiger partial charge in [0.05, 0.1) is 10.6 Å². The summed E-state index contributed by atoms with van der Waals surface area (Å²) in [5, 5.41) is 3.37. The second-order valence-electron chi connectivity index (χ2n) is 6.19. The van der Waals surface area contributed by atoms with Crippen molar-refractivity contribution in [2.75, 3.05) is 44.2 Å². The van der Waals surface area contributed by atoms with E-state index in [1.807, 2.05) is 12.1 Å². The monoisotopic (exact) mass is 439 g/mol. The van der Waals surface area contributed by atoms with E-state index in [0.29, 0.717) is 17.1 Å². The number of benzene rings is 2. The van der Waals surface area contributed by atoms with Crippen LogP contribution in [0.1, 0.15) is 10.4 Å². The van der Waals surface area contributed by atoms with Crippen molar-refractivity contribution >= 4 is 39.1 Å². The molecule has 1 fully saturated rings. The van der Waals surface area contributed by atoms with Crippen LogP contribution in [0.3, 0.4) is 0 Å². The number of nitrogens with zero attached hydrogens (tertiary/aromatic N) is 2. The van der Waals surface area contributed by atoms with Crippen LogP contribution in [0.25, 0.3) is 0 Å². The van der Waals surface area contributed by atoms with Gasteiger partial charge in [-0.2, -0.15) is 0 Å². The Hall–Kier alpha value is -1.63. The van der Waals surface area contributed by atoms with Gasteiger partial charge in [0.1, 0.15) is 5.82 Å². The summed E-state index contributed by atoms with van der Waals surface area (Å²) in [6.07, 6.45) is 0. The number of halogens is 3. The molecule has 0 spiro atoms. The highest BCUT2D eigenvalue weighted by atomic mass is 79.9. The molecular formula is C19H20BrClFN3O. The molecule has 1 aliphatic heterocycles. The van der Waals surface area contributed by atoms with Crippen molar-refractivity contribution in [1.82, 2.24) is 10.2 Å². The minimum Gasteiger partial charge on any atom is -0.369 e. The summed E-state index contributed by atoms with van der Waals surface area (Å²) in [7, 11) is 0. The third kappa shape index (κ3) is 4.96. The Bertz CT molecular complexity index is 764. The van der Waals surface area contributed by atoms with Gasteiger partial charge in [-0.3, -0.25) is 9.69 Å². The Morgan fingerprint density at radius 2 is 1.81 bits per heavy atom. The van der Waals surface area contributed by atoms with Crippen LogP contribution < -0.4 is 10.2 Å². The molecule has 138 valence electrons. The van der Waals surface area contributed by atoms with Gasteiger partial charge in [0.15, 0.2) is 0 Å². The Labute approximate surface area is 166 Å². The summed E-state index contributed by atoms with van der Waals surface area (Å²) in [4.78, 5) is 16.8. The summed E-state index contributed by atoms with van der Waals surface area (Å²) in [6, 6.07) is 11.8. The molecule has 1 saturated heterocycles. The molecule has 3 rings (SSSR count). The maximum atomic E-state index is 13.0. The van der Waals surface area contributed by atoms with E-state index in [2.05, 4.69) is 31.0 Å². The van der Waals surface area contributed by atoms with Crippen LogP contribution >= 0.6 is 27.5 Å². The third-order valence-electron chi connectivity index (χ3n) is 4.45. The molecule has 0 unspecified atom stereocenters. The highest BCUT2D eigenvalue weighted by Gasteiger charge is 2.17. The Morgan fingerprint density at radius 3 is 2.50 bits per heavy atom. The zero-order chi connectivity index (χ0) is 18.5. The highest BCUT2D eigenvalue weighted by Crippen LogP contribution is 2.21. The predicted octanol–water partition coefficient (Wildman–Crippen LogP) is 3.79. The number of nitrogens with one attached hydrogen (secondary N) is 1. The fourth-order valence-corrected chi connectivity index (χ4v) is 3.54. The number of carbonyl (C=O) groups excluding carboxylic acids is 1. The first kappa shape index (κ1) is 19.1. The van der Waals surface area contributed by atoms with Gasteiger partial charge in [0.25, 0.3) is 5.91 Å². The van der Waals surface area contributed by atoms with Gasteiger partial charge >= 0.3 is 0 Å². The average molecular weight is 441 g/mol. The minimum atomic E-state index is -0.214. The fraction of sp³-hybridized carbons (Fsp3) is 0.316. The summed E-state index contributed by atoms with van der Waals surface area (Å²) < 4.78 is 13.8. The van der Waals surface area contributed by atoms with E-state index in [0.717, 1.165) is 42.9 Å². The first-order chi connectivity index (χ1) is 12.5. The lowest BCUT2D eigenvalue weighted by Crippen LogP contribution is -2.48. The van der Waals surface area contributed by atoms with Crippen LogP contribution in [-0.4, -0.2) is 50.1 Å². The molecule has 0 atom stereocenters. The van der Waals surface area contributed by atoms with Crippen molar-refractivity contribution in [1.29, 1.82) is 0 Å². The number of hydrogen-bond acceptors (Lipinski definition) is 3. The lowest BCUT2D eigenvalue weighted by molar-refractivity contribution is 0.0948. The number of carbonyl (C=O) groups is 1. The zero-order valence-electron chi connectivity index (χ0n) is 14.2. The topological polar surface area (TPSA) is 35.6 Å². The van der Waals surface area contributed by atoms with Crippen molar-refractivity contribution in [2.24, 2.45) is 0 Å². The maximum Gasteiger partial charge on any atom is 0.252 e. The first-order valence-corrected chi connectivity index (χ1v) is 9.66. The number of hydrogen-bond donors (Lipinski definition) is 1. The molecule has 2 aromatic rings. The lowest BCUT2D eigenvalue weighted by atomic mass is 10.2. The van der Waals surface area contributed by atoms with Gasteiger partial charge < -0.3 is 10.2 Å². The second kappa shape index (κ2) is 8.84. The molecular weight excluding hydrogens is 421 g/mol. The molecule has 0 radical (unpaired) electrons. The normalized spacial score (nSPS) is 15.1. The zero-order valence-corrected chi connectivity index (χ0v) is 16.6. The van der Waals surface area contributed by atoms with Crippen molar-refractivity contribution in [3.05, 3.63) is 63.3 Å². The van der Waals surface area contributed by atoms with Gasteiger partial charge in [-0.05, 0) is 42.5 Å². The molecule has 7 heteroatoms. The summed E-state index contributed by atoms with van der Waals surface area (Å²) in [5.41, 5.74) is 1.52. The summed E-state index contributed by atoms with van der Waals surface area (Å²) >= 11 is 9.43.